The van der Waals surface area contributed by atoms with Gasteiger partial charge >= 0.3 is 0 Å². The van der Waals surface area contributed by atoms with Gasteiger partial charge in [-0.05, 0) is 25.5 Å². The molecule has 20 heavy (non-hydrogen) atoms. The Balaban J connectivity index is 2.23. The van der Waals surface area contributed by atoms with Gasteiger partial charge in [0.05, 0.1) is 6.61 Å². The first kappa shape index (κ1) is 16.7. The minimum absolute atomic E-state index is 0.236. The Morgan fingerprint density at radius 2 is 1.70 bits per heavy atom. The zero-order valence-electron chi connectivity index (χ0n) is 13.0. The van der Waals surface area contributed by atoms with Gasteiger partial charge in [0.2, 0.25) is 0 Å². The number of Topliss-reactive ketones (excluding diaryl/α,β-unsaturated/α-hetero) is 1. The molecule has 2 nitrogen and oxygen atoms in total. The van der Waals surface area contributed by atoms with Crippen LogP contribution in [0, 0.1) is 0 Å². The molecule has 0 aliphatic heterocycles. The fourth-order valence-electron chi connectivity index (χ4n) is 2.31. The van der Waals surface area contributed by atoms with Crippen LogP contribution in [0.4, 0.5) is 0 Å². The molecule has 0 N–H and O–H groups in total. The van der Waals surface area contributed by atoms with E-state index in [1.54, 1.807) is 0 Å². The van der Waals surface area contributed by atoms with E-state index in [1.165, 1.54) is 38.5 Å². The largest absolute Gasteiger partial charge is 0.494 e. The molecule has 0 unspecified atom stereocenters. The van der Waals surface area contributed by atoms with Crippen molar-refractivity contribution in [2.75, 3.05) is 6.61 Å². The van der Waals surface area contributed by atoms with Gasteiger partial charge in [0.15, 0.2) is 5.78 Å². The minimum Gasteiger partial charge on any atom is -0.494 e. The molecule has 0 aromatic heterocycles. The second-order valence-corrected chi connectivity index (χ2v) is 5.26. The molecule has 0 amide bonds. The van der Waals surface area contributed by atoms with Crippen LogP contribution in [0.5, 0.6) is 5.75 Å². The van der Waals surface area contributed by atoms with Crippen molar-refractivity contribution in [2.24, 2.45) is 0 Å². The third kappa shape index (κ3) is 6.74. The highest BCUT2D eigenvalue weighted by Gasteiger charge is 2.06. The van der Waals surface area contributed by atoms with Crippen LogP contribution in [-0.2, 0) is 0 Å². The predicted molar refractivity (Wildman–Crippen MR) is 84.6 cm³/mol. The van der Waals surface area contributed by atoms with Gasteiger partial charge in [-0.15, -0.1) is 0 Å². The van der Waals surface area contributed by atoms with Crippen LogP contribution in [0.1, 0.15) is 75.6 Å². The van der Waals surface area contributed by atoms with Crippen molar-refractivity contribution in [3.63, 3.8) is 0 Å². The van der Waals surface area contributed by atoms with E-state index in [0.717, 1.165) is 17.7 Å². The Bertz CT molecular complexity index is 385. The number of unbranched alkanes of at least 4 members (excludes halogenated alkanes) is 6. The second kappa shape index (κ2) is 10.5. The van der Waals surface area contributed by atoms with Crippen LogP contribution >= 0.6 is 0 Å². The van der Waals surface area contributed by atoms with Crippen LogP contribution in [0.25, 0.3) is 0 Å². The van der Waals surface area contributed by atoms with Crippen LogP contribution in [-0.4, -0.2) is 12.4 Å². The summed E-state index contributed by atoms with van der Waals surface area (Å²) in [6.07, 6.45) is 9.35. The van der Waals surface area contributed by atoms with Gasteiger partial charge in [-0.2, -0.15) is 0 Å². The molecule has 0 heterocycles. The van der Waals surface area contributed by atoms with E-state index in [9.17, 15) is 4.79 Å². The molecule has 0 saturated heterocycles. The number of hydrogen-bond donors (Lipinski definition) is 0. The van der Waals surface area contributed by atoms with Gasteiger partial charge < -0.3 is 4.74 Å². The smallest absolute Gasteiger partial charge is 0.163 e. The fourth-order valence-corrected chi connectivity index (χ4v) is 2.31. The van der Waals surface area contributed by atoms with E-state index in [2.05, 4.69) is 6.92 Å². The highest BCUT2D eigenvalue weighted by atomic mass is 16.5. The minimum atomic E-state index is 0.236. The van der Waals surface area contributed by atoms with Gasteiger partial charge in [0.25, 0.3) is 0 Å². The van der Waals surface area contributed by atoms with E-state index in [0.29, 0.717) is 13.0 Å². The highest BCUT2D eigenvalue weighted by Crippen LogP contribution is 2.16. The van der Waals surface area contributed by atoms with Crippen molar-refractivity contribution in [3.8, 4) is 5.75 Å². The summed E-state index contributed by atoms with van der Waals surface area (Å²) < 4.78 is 5.42. The molecule has 0 aliphatic rings. The molecule has 0 spiro atoms. The summed E-state index contributed by atoms with van der Waals surface area (Å²) >= 11 is 0. The van der Waals surface area contributed by atoms with Crippen molar-refractivity contribution in [2.45, 2.75) is 65.2 Å². The number of rotatable bonds is 11. The molecular formula is C18H28O2. The summed E-state index contributed by atoms with van der Waals surface area (Å²) in [6.45, 7) is 4.82. The summed E-state index contributed by atoms with van der Waals surface area (Å²) in [5, 5.41) is 0. The molecule has 0 atom stereocenters. The summed E-state index contributed by atoms with van der Waals surface area (Å²) in [4.78, 5) is 12.1. The standard InChI is InChI=1S/C18H28O2/c1-3-5-6-7-8-9-10-14-18(19)16-12-11-13-17(15-16)20-4-2/h11-13,15H,3-10,14H2,1-2H3. The number of ketones is 1. The summed E-state index contributed by atoms with van der Waals surface area (Å²) in [7, 11) is 0. The molecule has 0 fully saturated rings. The van der Waals surface area contributed by atoms with Crippen molar-refractivity contribution in [1.29, 1.82) is 0 Å². The number of hydrogen-bond acceptors (Lipinski definition) is 2. The van der Waals surface area contributed by atoms with Crippen molar-refractivity contribution >= 4 is 5.78 Å². The van der Waals surface area contributed by atoms with E-state index in [1.807, 2.05) is 31.2 Å². The van der Waals surface area contributed by atoms with E-state index in [-0.39, 0.29) is 5.78 Å². The average Bonchev–Trinajstić information content (AvgIpc) is 2.47. The molecule has 0 bridgehead atoms. The molecule has 1 aromatic carbocycles. The Hall–Kier alpha value is -1.31. The monoisotopic (exact) mass is 276 g/mol. The van der Waals surface area contributed by atoms with Crippen LogP contribution in [0.3, 0.4) is 0 Å². The summed E-state index contributed by atoms with van der Waals surface area (Å²) in [6, 6.07) is 7.52. The van der Waals surface area contributed by atoms with Crippen LogP contribution in [0.2, 0.25) is 0 Å². The summed E-state index contributed by atoms with van der Waals surface area (Å²) in [5.41, 5.74) is 0.780. The molecule has 1 aromatic rings. The van der Waals surface area contributed by atoms with E-state index >= 15 is 0 Å². The van der Waals surface area contributed by atoms with Gasteiger partial charge in [-0.1, -0.05) is 57.6 Å². The van der Waals surface area contributed by atoms with Gasteiger partial charge in [0, 0.05) is 12.0 Å². The average molecular weight is 276 g/mol. The Morgan fingerprint density at radius 1 is 1.00 bits per heavy atom. The SMILES string of the molecule is CCCCCCCCCC(=O)c1cccc(OCC)c1. The van der Waals surface area contributed by atoms with E-state index < -0.39 is 0 Å². The van der Waals surface area contributed by atoms with E-state index in [4.69, 9.17) is 4.74 Å². The number of carbonyl (C=O) groups is 1. The molecule has 1 rings (SSSR count). The molecule has 2 heteroatoms. The van der Waals surface area contributed by atoms with Crippen LogP contribution < -0.4 is 4.74 Å². The second-order valence-electron chi connectivity index (χ2n) is 5.26. The maximum atomic E-state index is 12.1. The van der Waals surface area contributed by atoms with Crippen molar-refractivity contribution in [3.05, 3.63) is 29.8 Å². The lowest BCUT2D eigenvalue weighted by molar-refractivity contribution is 0.0978. The zero-order chi connectivity index (χ0) is 14.6. The first-order valence-corrected chi connectivity index (χ1v) is 8.04. The number of benzene rings is 1. The van der Waals surface area contributed by atoms with Crippen molar-refractivity contribution < 1.29 is 9.53 Å². The lowest BCUT2D eigenvalue weighted by Gasteiger charge is -2.05. The lowest BCUT2D eigenvalue weighted by atomic mass is 10.0. The molecule has 0 saturated carbocycles. The van der Waals surface area contributed by atoms with Gasteiger partial charge in [-0.25, -0.2) is 0 Å². The Kier molecular flexibility index (Phi) is 8.77. The van der Waals surface area contributed by atoms with Gasteiger partial charge in [-0.3, -0.25) is 4.79 Å². The first-order chi connectivity index (χ1) is 9.77. The zero-order valence-corrected chi connectivity index (χ0v) is 13.0. The molecule has 112 valence electrons. The fraction of sp³-hybridized carbons (Fsp3) is 0.611. The normalized spacial score (nSPS) is 10.5. The molecule has 0 radical (unpaired) electrons. The molecular weight excluding hydrogens is 248 g/mol. The Labute approximate surface area is 123 Å². The lowest BCUT2D eigenvalue weighted by Crippen LogP contribution is -2.00. The molecule has 0 aliphatic carbocycles. The van der Waals surface area contributed by atoms with Crippen molar-refractivity contribution in [1.82, 2.24) is 0 Å². The third-order valence-corrected chi connectivity index (χ3v) is 3.47. The Morgan fingerprint density at radius 3 is 2.40 bits per heavy atom. The number of ether oxygens (including phenoxy) is 1. The number of carbonyl (C=O) groups excluding carboxylic acids is 1. The highest BCUT2D eigenvalue weighted by molar-refractivity contribution is 5.96. The van der Waals surface area contributed by atoms with Crippen LogP contribution in [0.15, 0.2) is 24.3 Å². The maximum Gasteiger partial charge on any atom is 0.163 e. The maximum absolute atomic E-state index is 12.1. The summed E-state index contributed by atoms with van der Waals surface area (Å²) in [5.74, 6) is 1.03. The quantitative estimate of drug-likeness (QED) is 0.399. The predicted octanol–water partition coefficient (Wildman–Crippen LogP) is 5.41. The van der Waals surface area contributed by atoms with Gasteiger partial charge in [0.1, 0.15) is 5.75 Å². The third-order valence-electron chi connectivity index (χ3n) is 3.47. The topological polar surface area (TPSA) is 26.3 Å². The first-order valence-electron chi connectivity index (χ1n) is 8.04.